The first-order chi connectivity index (χ1) is 7.76. The molecule has 0 saturated heterocycles. The van der Waals surface area contributed by atoms with Gasteiger partial charge in [0.05, 0.1) is 0 Å². The average molecular weight is 243 g/mol. The van der Waals surface area contributed by atoms with Crippen LogP contribution in [0.5, 0.6) is 0 Å². The summed E-state index contributed by atoms with van der Waals surface area (Å²) in [6, 6.07) is 7.90. The van der Waals surface area contributed by atoms with Gasteiger partial charge in [-0.05, 0) is 38.0 Å². The molecule has 0 unspecified atom stereocenters. The first-order valence-corrected chi connectivity index (χ1v) is 6.11. The number of benzene rings is 1. The van der Waals surface area contributed by atoms with Crippen LogP contribution in [0.3, 0.4) is 0 Å². The molecule has 0 bridgehead atoms. The molecule has 0 aliphatic carbocycles. The summed E-state index contributed by atoms with van der Waals surface area (Å²) in [5.74, 6) is 0. The molecule has 0 N–H and O–H groups in total. The third kappa shape index (κ3) is 4.97. The van der Waals surface area contributed by atoms with Crippen molar-refractivity contribution in [3.63, 3.8) is 0 Å². The molecule has 1 aromatic rings. The van der Waals surface area contributed by atoms with Gasteiger partial charge in [0.2, 0.25) is 0 Å². The molecule has 1 aromatic carbocycles. The summed E-state index contributed by atoms with van der Waals surface area (Å²) < 4.78 is 11.0. The molecule has 0 saturated carbocycles. The summed E-state index contributed by atoms with van der Waals surface area (Å²) in [5, 5.41) is 0.773. The van der Waals surface area contributed by atoms with Crippen molar-refractivity contribution in [3.05, 3.63) is 34.9 Å². The minimum Gasteiger partial charge on any atom is -0.353 e. The highest BCUT2D eigenvalue weighted by molar-refractivity contribution is 6.30. The SMILES string of the molecule is CCOC(CCc1ccc(Cl)cc1)OCC. The summed E-state index contributed by atoms with van der Waals surface area (Å²) in [5.41, 5.74) is 1.26. The van der Waals surface area contributed by atoms with Crippen molar-refractivity contribution in [2.45, 2.75) is 33.0 Å². The molecule has 0 atom stereocenters. The van der Waals surface area contributed by atoms with Gasteiger partial charge in [0, 0.05) is 24.7 Å². The normalized spacial score (nSPS) is 11.0. The van der Waals surface area contributed by atoms with Gasteiger partial charge in [-0.15, -0.1) is 0 Å². The van der Waals surface area contributed by atoms with E-state index in [4.69, 9.17) is 21.1 Å². The lowest BCUT2D eigenvalue weighted by atomic mass is 10.1. The molecular formula is C13H19ClO2. The van der Waals surface area contributed by atoms with Gasteiger partial charge in [-0.25, -0.2) is 0 Å². The monoisotopic (exact) mass is 242 g/mol. The second-order valence-corrected chi connectivity index (χ2v) is 3.94. The molecule has 0 fully saturated rings. The molecule has 0 radical (unpaired) electrons. The zero-order valence-electron chi connectivity index (χ0n) is 9.91. The fraction of sp³-hybridized carbons (Fsp3) is 0.538. The average Bonchev–Trinajstić information content (AvgIpc) is 2.29. The van der Waals surface area contributed by atoms with Crippen LogP contribution in [0.1, 0.15) is 25.8 Å². The van der Waals surface area contributed by atoms with Gasteiger partial charge in [-0.3, -0.25) is 0 Å². The second kappa shape index (κ2) is 7.66. The van der Waals surface area contributed by atoms with Crippen LogP contribution in [0.4, 0.5) is 0 Å². The van der Waals surface area contributed by atoms with Crippen LogP contribution >= 0.6 is 11.6 Å². The molecule has 90 valence electrons. The Bertz CT molecular complexity index is 278. The quantitative estimate of drug-likeness (QED) is 0.680. The van der Waals surface area contributed by atoms with Crippen molar-refractivity contribution in [1.82, 2.24) is 0 Å². The maximum absolute atomic E-state index is 5.82. The lowest BCUT2D eigenvalue weighted by Gasteiger charge is -2.16. The molecule has 1 rings (SSSR count). The smallest absolute Gasteiger partial charge is 0.157 e. The molecule has 16 heavy (non-hydrogen) atoms. The van der Waals surface area contributed by atoms with E-state index in [1.165, 1.54) is 5.56 Å². The summed E-state index contributed by atoms with van der Waals surface area (Å²) in [4.78, 5) is 0. The second-order valence-electron chi connectivity index (χ2n) is 3.51. The van der Waals surface area contributed by atoms with E-state index in [0.29, 0.717) is 13.2 Å². The standard InChI is InChI=1S/C13H19ClO2/c1-3-15-13(16-4-2)10-7-11-5-8-12(14)9-6-11/h5-6,8-9,13H,3-4,7,10H2,1-2H3. The van der Waals surface area contributed by atoms with E-state index in [1.54, 1.807) is 0 Å². The van der Waals surface area contributed by atoms with Crippen molar-refractivity contribution in [2.75, 3.05) is 13.2 Å². The first-order valence-electron chi connectivity index (χ1n) is 5.74. The van der Waals surface area contributed by atoms with Gasteiger partial charge >= 0.3 is 0 Å². The van der Waals surface area contributed by atoms with E-state index >= 15 is 0 Å². The van der Waals surface area contributed by atoms with Crippen LogP contribution in [0.15, 0.2) is 24.3 Å². The van der Waals surface area contributed by atoms with Crippen LogP contribution in [-0.4, -0.2) is 19.5 Å². The largest absolute Gasteiger partial charge is 0.353 e. The predicted molar refractivity (Wildman–Crippen MR) is 66.8 cm³/mol. The highest BCUT2D eigenvalue weighted by Crippen LogP contribution is 2.13. The number of rotatable bonds is 7. The topological polar surface area (TPSA) is 18.5 Å². The number of aryl methyl sites for hydroxylation is 1. The van der Waals surface area contributed by atoms with Crippen molar-refractivity contribution >= 4 is 11.6 Å². The number of hydrogen-bond donors (Lipinski definition) is 0. The molecule has 0 heterocycles. The van der Waals surface area contributed by atoms with Crippen molar-refractivity contribution in [2.24, 2.45) is 0 Å². The maximum atomic E-state index is 5.82. The van der Waals surface area contributed by atoms with E-state index in [-0.39, 0.29) is 6.29 Å². The van der Waals surface area contributed by atoms with Crippen LogP contribution in [0, 0.1) is 0 Å². The molecule has 0 aromatic heterocycles. The molecule has 2 nitrogen and oxygen atoms in total. The van der Waals surface area contributed by atoms with Crippen LogP contribution in [-0.2, 0) is 15.9 Å². The van der Waals surface area contributed by atoms with Gasteiger partial charge in [0.25, 0.3) is 0 Å². The molecule has 0 aliphatic heterocycles. The van der Waals surface area contributed by atoms with E-state index in [1.807, 2.05) is 38.1 Å². The maximum Gasteiger partial charge on any atom is 0.157 e. The van der Waals surface area contributed by atoms with Crippen molar-refractivity contribution in [1.29, 1.82) is 0 Å². The van der Waals surface area contributed by atoms with Gasteiger partial charge in [-0.1, -0.05) is 23.7 Å². The Kier molecular flexibility index (Phi) is 6.46. The zero-order chi connectivity index (χ0) is 11.8. The highest BCUT2D eigenvalue weighted by atomic mass is 35.5. The Balaban J connectivity index is 2.38. The van der Waals surface area contributed by atoms with Crippen LogP contribution < -0.4 is 0 Å². The number of halogens is 1. The van der Waals surface area contributed by atoms with E-state index in [2.05, 4.69) is 0 Å². The van der Waals surface area contributed by atoms with Crippen LogP contribution in [0.2, 0.25) is 5.02 Å². The molecule has 3 heteroatoms. The summed E-state index contributed by atoms with van der Waals surface area (Å²) in [6.45, 7) is 5.33. The van der Waals surface area contributed by atoms with Gasteiger partial charge in [0.1, 0.15) is 0 Å². The lowest BCUT2D eigenvalue weighted by molar-refractivity contribution is -0.139. The van der Waals surface area contributed by atoms with Gasteiger partial charge in [-0.2, -0.15) is 0 Å². The summed E-state index contributed by atoms with van der Waals surface area (Å²) in [7, 11) is 0. The summed E-state index contributed by atoms with van der Waals surface area (Å²) in [6.07, 6.45) is 1.73. The summed E-state index contributed by atoms with van der Waals surface area (Å²) >= 11 is 5.82. The van der Waals surface area contributed by atoms with Crippen molar-refractivity contribution in [3.8, 4) is 0 Å². The van der Waals surface area contributed by atoms with Gasteiger partial charge in [0.15, 0.2) is 6.29 Å². The van der Waals surface area contributed by atoms with Crippen molar-refractivity contribution < 1.29 is 9.47 Å². The van der Waals surface area contributed by atoms with Crippen LogP contribution in [0.25, 0.3) is 0 Å². The van der Waals surface area contributed by atoms with Gasteiger partial charge < -0.3 is 9.47 Å². The van der Waals surface area contributed by atoms with E-state index in [9.17, 15) is 0 Å². The third-order valence-corrected chi connectivity index (χ3v) is 2.54. The Labute approximate surface area is 103 Å². The molecule has 0 amide bonds. The Hall–Kier alpha value is -0.570. The van der Waals surface area contributed by atoms with E-state index in [0.717, 1.165) is 17.9 Å². The molecular weight excluding hydrogens is 224 g/mol. The Morgan fingerprint density at radius 3 is 2.12 bits per heavy atom. The first kappa shape index (κ1) is 13.5. The molecule has 0 spiro atoms. The fourth-order valence-electron chi connectivity index (χ4n) is 1.52. The predicted octanol–water partition coefficient (Wildman–Crippen LogP) is 3.67. The minimum atomic E-state index is -0.0920. The van der Waals surface area contributed by atoms with E-state index < -0.39 is 0 Å². The highest BCUT2D eigenvalue weighted by Gasteiger charge is 2.07. The fourth-order valence-corrected chi connectivity index (χ4v) is 1.65. The number of hydrogen-bond acceptors (Lipinski definition) is 2. The number of ether oxygens (including phenoxy) is 2. The third-order valence-electron chi connectivity index (χ3n) is 2.29. The molecule has 0 aliphatic rings. The zero-order valence-corrected chi connectivity index (χ0v) is 10.7. The minimum absolute atomic E-state index is 0.0920. The Morgan fingerprint density at radius 1 is 1.06 bits per heavy atom. The Morgan fingerprint density at radius 2 is 1.62 bits per heavy atom. The lowest BCUT2D eigenvalue weighted by Crippen LogP contribution is -2.18.